The van der Waals surface area contributed by atoms with Crippen LogP contribution in [0.15, 0.2) is 65.7 Å². The normalized spacial score (nSPS) is 10.8. The summed E-state index contributed by atoms with van der Waals surface area (Å²) in [6.07, 6.45) is 1.84. The fraction of sp³-hybridized carbons (Fsp3) is 0.208. The molecule has 0 saturated heterocycles. The first-order valence-corrected chi connectivity index (χ1v) is 11.9. The molecule has 0 aliphatic carbocycles. The van der Waals surface area contributed by atoms with E-state index in [0.717, 1.165) is 32.8 Å². The van der Waals surface area contributed by atoms with Crippen molar-refractivity contribution in [3.63, 3.8) is 0 Å². The number of nitrogens with zero attached hydrogens (tertiary/aromatic N) is 4. The number of benzene rings is 2. The van der Waals surface area contributed by atoms with Gasteiger partial charge in [-0.2, -0.15) is 0 Å². The van der Waals surface area contributed by atoms with Crippen molar-refractivity contribution in [2.45, 2.75) is 24.4 Å². The summed E-state index contributed by atoms with van der Waals surface area (Å²) in [6, 6.07) is 14.2. The fourth-order valence-electron chi connectivity index (χ4n) is 3.22. The van der Waals surface area contributed by atoms with Crippen molar-refractivity contribution in [1.29, 1.82) is 0 Å². The molecule has 0 atom stereocenters. The van der Waals surface area contributed by atoms with Gasteiger partial charge >= 0.3 is 0 Å². The highest BCUT2D eigenvalue weighted by atomic mass is 32.2. The summed E-state index contributed by atoms with van der Waals surface area (Å²) in [6.45, 7) is 6.58. The van der Waals surface area contributed by atoms with Crippen LogP contribution in [0.5, 0.6) is 11.5 Å². The van der Waals surface area contributed by atoms with E-state index in [1.165, 1.54) is 5.56 Å². The minimum atomic E-state index is 0.602. The molecule has 2 heterocycles. The standard InChI is InChI=1S/C24H24N4O2S2/c1-5-12-28-22(18-10-11-20(29-3)21(13-18)30-4)26-27-24(28)32-15-19-14-31-23(25-19)17-8-6-16(2)7-9-17/h5-11,13-14H,1,12,15H2,2-4H3. The summed E-state index contributed by atoms with van der Waals surface area (Å²) in [5.41, 5.74) is 4.31. The average Bonchev–Trinajstić information content (AvgIpc) is 3.45. The Balaban J connectivity index is 1.54. The second-order valence-electron chi connectivity index (χ2n) is 7.07. The van der Waals surface area contributed by atoms with Crippen LogP contribution < -0.4 is 9.47 Å². The van der Waals surface area contributed by atoms with Crippen molar-refractivity contribution in [2.24, 2.45) is 0 Å². The monoisotopic (exact) mass is 464 g/mol. The van der Waals surface area contributed by atoms with Gasteiger partial charge in [0.2, 0.25) is 0 Å². The van der Waals surface area contributed by atoms with E-state index >= 15 is 0 Å². The van der Waals surface area contributed by atoms with E-state index in [0.29, 0.717) is 23.8 Å². The summed E-state index contributed by atoms with van der Waals surface area (Å²) in [5.74, 6) is 2.79. The number of aryl methyl sites for hydroxylation is 1. The Morgan fingerprint density at radius 3 is 2.50 bits per heavy atom. The van der Waals surface area contributed by atoms with Gasteiger partial charge in [0.15, 0.2) is 22.5 Å². The SMILES string of the molecule is C=CCn1c(SCc2csc(-c3ccc(C)cc3)n2)nnc1-c1ccc(OC)c(OC)c1. The van der Waals surface area contributed by atoms with Gasteiger partial charge in [-0.25, -0.2) is 4.98 Å². The van der Waals surface area contributed by atoms with E-state index in [1.807, 2.05) is 28.8 Å². The Hall–Kier alpha value is -3.10. The van der Waals surface area contributed by atoms with Gasteiger partial charge < -0.3 is 9.47 Å². The van der Waals surface area contributed by atoms with Gasteiger partial charge in [0.1, 0.15) is 5.01 Å². The lowest BCUT2D eigenvalue weighted by Gasteiger charge is -2.11. The molecular weight excluding hydrogens is 440 g/mol. The lowest BCUT2D eigenvalue weighted by molar-refractivity contribution is 0.355. The van der Waals surface area contributed by atoms with Gasteiger partial charge in [0.25, 0.3) is 0 Å². The predicted octanol–water partition coefficient (Wildman–Crippen LogP) is 5.87. The van der Waals surface area contributed by atoms with Crippen molar-refractivity contribution in [1.82, 2.24) is 19.7 Å². The lowest BCUT2D eigenvalue weighted by atomic mass is 10.2. The molecule has 8 heteroatoms. The van der Waals surface area contributed by atoms with Crippen LogP contribution >= 0.6 is 23.1 Å². The second-order valence-corrected chi connectivity index (χ2v) is 8.87. The fourth-order valence-corrected chi connectivity index (χ4v) is 4.99. The maximum atomic E-state index is 5.44. The van der Waals surface area contributed by atoms with Crippen LogP contribution in [0.2, 0.25) is 0 Å². The molecule has 4 aromatic rings. The minimum Gasteiger partial charge on any atom is -0.493 e. The Morgan fingerprint density at radius 2 is 1.78 bits per heavy atom. The number of methoxy groups -OCH3 is 2. The molecule has 4 rings (SSSR count). The molecule has 0 radical (unpaired) electrons. The Labute approximate surface area is 196 Å². The molecule has 2 aromatic heterocycles. The Bertz CT molecular complexity index is 1220. The topological polar surface area (TPSA) is 62.1 Å². The molecule has 2 aromatic carbocycles. The van der Waals surface area contributed by atoms with Crippen LogP contribution in [0.25, 0.3) is 22.0 Å². The molecule has 164 valence electrons. The molecule has 0 aliphatic rings. The molecule has 0 aliphatic heterocycles. The van der Waals surface area contributed by atoms with Gasteiger partial charge in [0.05, 0.1) is 19.9 Å². The van der Waals surface area contributed by atoms with Gasteiger partial charge in [-0.1, -0.05) is 47.7 Å². The van der Waals surface area contributed by atoms with E-state index in [9.17, 15) is 0 Å². The molecule has 0 bridgehead atoms. The van der Waals surface area contributed by atoms with Crippen LogP contribution in [-0.2, 0) is 12.3 Å². The average molecular weight is 465 g/mol. The molecule has 6 nitrogen and oxygen atoms in total. The van der Waals surface area contributed by atoms with Crippen LogP contribution in [0.4, 0.5) is 0 Å². The largest absolute Gasteiger partial charge is 0.493 e. The maximum absolute atomic E-state index is 5.44. The molecule has 32 heavy (non-hydrogen) atoms. The zero-order valence-electron chi connectivity index (χ0n) is 18.2. The van der Waals surface area contributed by atoms with Crippen LogP contribution in [0, 0.1) is 6.92 Å². The first-order valence-electron chi connectivity index (χ1n) is 10.0. The lowest BCUT2D eigenvalue weighted by Crippen LogP contribution is -2.01. The number of allylic oxidation sites excluding steroid dienone is 1. The van der Waals surface area contributed by atoms with E-state index in [4.69, 9.17) is 14.5 Å². The highest BCUT2D eigenvalue weighted by molar-refractivity contribution is 7.98. The molecule has 0 unspecified atom stereocenters. The summed E-state index contributed by atoms with van der Waals surface area (Å²) in [7, 11) is 3.24. The molecule has 0 amide bonds. The number of hydrogen-bond acceptors (Lipinski definition) is 7. The van der Waals surface area contributed by atoms with Crippen molar-refractivity contribution in [2.75, 3.05) is 14.2 Å². The molecule has 0 N–H and O–H groups in total. The van der Waals surface area contributed by atoms with Crippen LogP contribution in [-0.4, -0.2) is 34.0 Å². The summed E-state index contributed by atoms with van der Waals surface area (Å²) in [4.78, 5) is 4.80. The zero-order valence-corrected chi connectivity index (χ0v) is 19.9. The quantitative estimate of drug-likeness (QED) is 0.228. The Morgan fingerprint density at radius 1 is 1.03 bits per heavy atom. The number of rotatable bonds is 9. The van der Waals surface area contributed by atoms with E-state index in [1.54, 1.807) is 37.3 Å². The van der Waals surface area contributed by atoms with E-state index in [2.05, 4.69) is 53.3 Å². The Kier molecular flexibility index (Phi) is 6.92. The molecule has 0 saturated carbocycles. The molecule has 0 fully saturated rings. The number of ether oxygens (including phenoxy) is 2. The van der Waals surface area contributed by atoms with Crippen LogP contribution in [0.3, 0.4) is 0 Å². The van der Waals surface area contributed by atoms with Crippen molar-refractivity contribution in [3.05, 3.63) is 71.8 Å². The second kappa shape index (κ2) is 10.0. The van der Waals surface area contributed by atoms with E-state index in [-0.39, 0.29) is 0 Å². The van der Waals surface area contributed by atoms with Crippen LogP contribution in [0.1, 0.15) is 11.3 Å². The number of hydrogen-bond donors (Lipinski definition) is 0. The van der Waals surface area contributed by atoms with Gasteiger partial charge in [-0.05, 0) is 25.1 Å². The number of thiazole rings is 1. The van der Waals surface area contributed by atoms with Crippen molar-refractivity contribution >= 4 is 23.1 Å². The first kappa shape index (κ1) is 22.1. The number of thioether (sulfide) groups is 1. The summed E-state index contributed by atoms with van der Waals surface area (Å²) in [5, 5.41) is 12.8. The summed E-state index contributed by atoms with van der Waals surface area (Å²) < 4.78 is 12.8. The highest BCUT2D eigenvalue weighted by Crippen LogP contribution is 2.34. The molecule has 0 spiro atoms. The predicted molar refractivity (Wildman–Crippen MR) is 131 cm³/mol. The zero-order chi connectivity index (χ0) is 22.5. The van der Waals surface area contributed by atoms with Gasteiger partial charge in [-0.15, -0.1) is 28.1 Å². The maximum Gasteiger partial charge on any atom is 0.192 e. The smallest absolute Gasteiger partial charge is 0.192 e. The third-order valence-electron chi connectivity index (χ3n) is 4.87. The highest BCUT2D eigenvalue weighted by Gasteiger charge is 2.16. The number of aromatic nitrogens is 4. The van der Waals surface area contributed by atoms with E-state index < -0.39 is 0 Å². The third kappa shape index (κ3) is 4.71. The van der Waals surface area contributed by atoms with Gasteiger partial charge in [-0.3, -0.25) is 4.57 Å². The minimum absolute atomic E-state index is 0.602. The molecular formula is C24H24N4O2S2. The van der Waals surface area contributed by atoms with Crippen molar-refractivity contribution < 1.29 is 9.47 Å². The summed E-state index contributed by atoms with van der Waals surface area (Å²) >= 11 is 3.27. The van der Waals surface area contributed by atoms with Gasteiger partial charge in [0, 0.05) is 28.8 Å². The first-order chi connectivity index (χ1) is 15.6. The van der Waals surface area contributed by atoms with Crippen molar-refractivity contribution in [3.8, 4) is 33.5 Å². The third-order valence-corrected chi connectivity index (χ3v) is 6.81.